The molecule has 11 nitrogen and oxygen atoms in total. The predicted molar refractivity (Wildman–Crippen MR) is 315 cm³/mol. The number of allylic oxidation sites excluding steroid dienone is 17. The minimum Gasteiger partial charge on any atom is -0.454 e. The first-order chi connectivity index (χ1) is 37.2. The smallest absolute Gasteiger partial charge is 0.306 e. The second kappa shape index (κ2) is 52.0. The van der Waals surface area contributed by atoms with Crippen LogP contribution in [0.1, 0.15) is 226 Å². The van der Waals surface area contributed by atoms with Crippen LogP contribution in [0.4, 0.5) is 0 Å². The topological polar surface area (TPSA) is 175 Å². The van der Waals surface area contributed by atoms with Gasteiger partial charge in [-0.05, 0) is 89.9 Å². The van der Waals surface area contributed by atoms with Crippen LogP contribution in [0, 0.1) is 0 Å². The first-order valence-corrected chi connectivity index (χ1v) is 30.2. The van der Waals surface area contributed by atoms with Crippen LogP contribution in [0.5, 0.6) is 0 Å². The number of rotatable bonds is 49. The number of aliphatic hydroxyl groups excluding tert-OH is 5. The Morgan fingerprint density at radius 3 is 1.57 bits per heavy atom. The van der Waals surface area contributed by atoms with Crippen molar-refractivity contribution >= 4 is 11.9 Å². The van der Waals surface area contributed by atoms with Crippen molar-refractivity contribution in [1.29, 1.82) is 0 Å². The first-order valence-electron chi connectivity index (χ1n) is 30.2. The molecule has 0 aromatic carbocycles. The molecule has 0 radical (unpaired) electrons. The van der Waals surface area contributed by atoms with Crippen LogP contribution in [0.25, 0.3) is 0 Å². The monoisotopic (exact) mass is 1060 g/mol. The molecule has 1 aliphatic rings. The molecule has 1 rings (SSSR count). The maximum atomic E-state index is 13.4. The Kier molecular flexibility index (Phi) is 48.2. The van der Waals surface area contributed by atoms with Crippen molar-refractivity contribution in [3.05, 3.63) is 109 Å². The second-order valence-corrected chi connectivity index (χ2v) is 20.4. The molecule has 1 amide bonds. The average molecular weight is 1060 g/mol. The van der Waals surface area contributed by atoms with Crippen LogP contribution >= 0.6 is 0 Å². The number of amides is 1. The molecule has 1 heterocycles. The first kappa shape index (κ1) is 70.3. The summed E-state index contributed by atoms with van der Waals surface area (Å²) in [5.41, 5.74) is 0. The van der Waals surface area contributed by atoms with E-state index in [9.17, 15) is 35.1 Å². The van der Waals surface area contributed by atoms with Gasteiger partial charge in [0.15, 0.2) is 12.4 Å². The van der Waals surface area contributed by atoms with Crippen LogP contribution in [-0.2, 0) is 23.8 Å². The Morgan fingerprint density at radius 1 is 0.539 bits per heavy atom. The molecule has 1 fully saturated rings. The van der Waals surface area contributed by atoms with Crippen molar-refractivity contribution in [2.24, 2.45) is 0 Å². The molecule has 8 unspecified atom stereocenters. The Labute approximate surface area is 462 Å². The predicted octanol–water partition coefficient (Wildman–Crippen LogP) is 14.1. The largest absolute Gasteiger partial charge is 0.454 e. The van der Waals surface area contributed by atoms with Gasteiger partial charge in [0, 0.05) is 6.42 Å². The molecule has 1 aliphatic heterocycles. The number of hydrogen-bond acceptors (Lipinski definition) is 10. The molecule has 8 atom stereocenters. The van der Waals surface area contributed by atoms with Gasteiger partial charge >= 0.3 is 5.97 Å². The van der Waals surface area contributed by atoms with Gasteiger partial charge in [0.2, 0.25) is 5.91 Å². The number of carbonyl (C=O) groups excluding carboxylic acids is 2. The number of hydrogen-bond donors (Lipinski definition) is 6. The highest BCUT2D eigenvalue weighted by molar-refractivity contribution is 5.80. The van der Waals surface area contributed by atoms with E-state index >= 15 is 0 Å². The molecular weight excluding hydrogens is 955 g/mol. The SMILES string of the molecule is CC/C=C\C/C=C\C/C=C\C/C=C\C/C=C\CCCCCCCCC(O)C(=O)NC(COC1OC(CO)C(O)C(O)C1OC(=O)CCCCCCC\C=C/C=C/C=C/CC)C(O)/C=C/CCCCCCCCCCCC. The van der Waals surface area contributed by atoms with Gasteiger partial charge in [0.05, 0.1) is 25.4 Å². The summed E-state index contributed by atoms with van der Waals surface area (Å²) in [5.74, 6) is -1.24. The van der Waals surface area contributed by atoms with E-state index in [0.717, 1.165) is 135 Å². The lowest BCUT2D eigenvalue weighted by molar-refractivity contribution is -0.305. The van der Waals surface area contributed by atoms with E-state index in [1.807, 2.05) is 24.3 Å². The van der Waals surface area contributed by atoms with Gasteiger partial charge < -0.3 is 45.1 Å². The van der Waals surface area contributed by atoms with Gasteiger partial charge in [-0.25, -0.2) is 0 Å². The van der Waals surface area contributed by atoms with Crippen LogP contribution < -0.4 is 5.32 Å². The Balaban J connectivity index is 2.70. The molecule has 434 valence electrons. The summed E-state index contributed by atoms with van der Waals surface area (Å²) in [7, 11) is 0. The van der Waals surface area contributed by atoms with Gasteiger partial charge in [-0.15, -0.1) is 0 Å². The number of ether oxygens (including phenoxy) is 3. The van der Waals surface area contributed by atoms with Crippen molar-refractivity contribution in [1.82, 2.24) is 5.32 Å². The fourth-order valence-electron chi connectivity index (χ4n) is 8.74. The minimum absolute atomic E-state index is 0.0936. The molecule has 0 aliphatic carbocycles. The molecule has 0 aromatic heterocycles. The summed E-state index contributed by atoms with van der Waals surface area (Å²) >= 11 is 0. The zero-order chi connectivity index (χ0) is 55.4. The molecule has 6 N–H and O–H groups in total. The fraction of sp³-hybridized carbons (Fsp3) is 0.692. The van der Waals surface area contributed by atoms with Crippen molar-refractivity contribution < 1.29 is 49.3 Å². The van der Waals surface area contributed by atoms with Crippen LogP contribution in [0.2, 0.25) is 0 Å². The standard InChI is InChI=1S/C65H109NO10/c1-4-7-10-13-16-19-22-25-26-27-28-29-30-31-32-33-35-37-40-43-46-49-52-58(69)64(73)66-56(57(68)51-48-45-42-39-36-24-21-18-15-12-9-6-3)55-74-65-63(62(72)61(71)59(54-67)75-65)76-60(70)53-50-47-44-41-38-34-23-20-17-14-11-8-5-2/h7-8,10-11,14,16-17,19-20,23,25-26,28-29,31-32,48,51,56-59,61-63,65,67-69,71-72H,4-6,9,12-13,15,18,21-22,24,27,30,33-47,49-50,52-55H2,1-3H3,(H,66,73)/b10-7-,11-8+,17-14+,19-16-,23-20-,26-25-,29-28-,32-31-,51-48+. The van der Waals surface area contributed by atoms with E-state index in [-0.39, 0.29) is 19.4 Å². The molecule has 1 saturated heterocycles. The lowest BCUT2D eigenvalue weighted by Crippen LogP contribution is -2.61. The van der Waals surface area contributed by atoms with Crippen LogP contribution in [0.15, 0.2) is 109 Å². The van der Waals surface area contributed by atoms with Gasteiger partial charge in [0.1, 0.15) is 24.4 Å². The maximum absolute atomic E-state index is 13.4. The number of esters is 1. The van der Waals surface area contributed by atoms with Crippen molar-refractivity contribution in [3.8, 4) is 0 Å². The third kappa shape index (κ3) is 39.6. The van der Waals surface area contributed by atoms with Crippen molar-refractivity contribution in [2.45, 2.75) is 275 Å². The van der Waals surface area contributed by atoms with Crippen LogP contribution in [-0.4, -0.2) is 99.6 Å². The quantitative estimate of drug-likeness (QED) is 0.0149. The number of nitrogens with one attached hydrogen (secondary N) is 1. The molecule has 0 aromatic rings. The highest BCUT2D eigenvalue weighted by Gasteiger charge is 2.47. The highest BCUT2D eigenvalue weighted by Crippen LogP contribution is 2.26. The number of carbonyl (C=O) groups is 2. The third-order valence-corrected chi connectivity index (χ3v) is 13.5. The Hall–Kier alpha value is -3.68. The van der Waals surface area contributed by atoms with Gasteiger partial charge in [-0.2, -0.15) is 0 Å². The minimum atomic E-state index is -1.63. The summed E-state index contributed by atoms with van der Waals surface area (Å²) < 4.78 is 17.6. The zero-order valence-electron chi connectivity index (χ0n) is 47.8. The normalized spacial score (nSPS) is 19.9. The van der Waals surface area contributed by atoms with Crippen molar-refractivity contribution in [2.75, 3.05) is 13.2 Å². The fourth-order valence-corrected chi connectivity index (χ4v) is 8.74. The van der Waals surface area contributed by atoms with Crippen molar-refractivity contribution in [3.63, 3.8) is 0 Å². The number of unbranched alkanes of at least 4 members (excludes halogenated alkanes) is 21. The summed E-state index contributed by atoms with van der Waals surface area (Å²) in [5, 5.41) is 56.9. The molecule has 0 spiro atoms. The van der Waals surface area contributed by atoms with E-state index in [1.54, 1.807) is 6.08 Å². The van der Waals surface area contributed by atoms with E-state index < -0.39 is 67.4 Å². The zero-order valence-corrected chi connectivity index (χ0v) is 47.8. The molecule has 0 bridgehead atoms. The molecular formula is C65H109NO10. The second-order valence-electron chi connectivity index (χ2n) is 20.4. The number of aliphatic hydroxyl groups is 5. The Morgan fingerprint density at radius 2 is 1.01 bits per heavy atom. The molecule has 11 heteroatoms. The molecule has 76 heavy (non-hydrogen) atoms. The van der Waals surface area contributed by atoms with E-state index in [1.165, 1.54) is 44.9 Å². The maximum Gasteiger partial charge on any atom is 0.306 e. The van der Waals surface area contributed by atoms with Gasteiger partial charge in [-0.1, -0.05) is 239 Å². The van der Waals surface area contributed by atoms with Gasteiger partial charge in [-0.3, -0.25) is 9.59 Å². The summed E-state index contributed by atoms with van der Waals surface area (Å²) in [6, 6.07) is -1.04. The average Bonchev–Trinajstić information content (AvgIpc) is 3.42. The molecule has 0 saturated carbocycles. The van der Waals surface area contributed by atoms with Gasteiger partial charge in [0.25, 0.3) is 0 Å². The van der Waals surface area contributed by atoms with E-state index in [0.29, 0.717) is 12.8 Å². The van der Waals surface area contributed by atoms with E-state index in [2.05, 4.69) is 105 Å². The van der Waals surface area contributed by atoms with E-state index in [4.69, 9.17) is 14.2 Å². The summed E-state index contributed by atoms with van der Waals surface area (Å²) in [6.45, 7) is 5.50. The Bertz CT molecular complexity index is 1650. The highest BCUT2D eigenvalue weighted by atomic mass is 16.7. The lowest BCUT2D eigenvalue weighted by Gasteiger charge is -2.41. The van der Waals surface area contributed by atoms with Crippen LogP contribution in [0.3, 0.4) is 0 Å². The summed E-state index contributed by atoms with van der Waals surface area (Å²) in [6.07, 6.45) is 59.8. The summed E-state index contributed by atoms with van der Waals surface area (Å²) in [4.78, 5) is 26.5. The lowest BCUT2D eigenvalue weighted by atomic mass is 9.99. The third-order valence-electron chi connectivity index (χ3n) is 13.5.